The number of aliphatic hydroxyl groups excluding tert-OH is 1. The molecule has 0 spiro atoms. The first-order valence-electron chi connectivity index (χ1n) is 9.90. The van der Waals surface area contributed by atoms with Crippen molar-refractivity contribution in [2.45, 2.75) is 12.0 Å². The molecule has 1 heterocycles. The Morgan fingerprint density at radius 1 is 0.862 bits per heavy atom. The molecule has 0 unspecified atom stereocenters. The van der Waals surface area contributed by atoms with Gasteiger partial charge in [0.15, 0.2) is 0 Å². The fourth-order valence-corrected chi connectivity index (χ4v) is 3.78. The predicted octanol–water partition coefficient (Wildman–Crippen LogP) is 4.63. The highest BCUT2D eigenvalue weighted by atomic mass is 16.5. The zero-order chi connectivity index (χ0) is 20.1. The van der Waals surface area contributed by atoms with Crippen LogP contribution in [0.25, 0.3) is 10.9 Å². The standard InChI is InChI=1S/C25H26N2O2/c1-29-20-13-11-18(12-14-20)22(23-16-27-24-10-6-5-9-21(23)24)15-26-17-25(28)19-7-3-2-4-8-19/h2-14,16,22,25-28H,15,17H2,1H3/t22-,25+/m0/s1. The highest BCUT2D eigenvalue weighted by Crippen LogP contribution is 2.31. The molecule has 0 aliphatic carbocycles. The second-order valence-electron chi connectivity index (χ2n) is 7.20. The van der Waals surface area contributed by atoms with E-state index in [4.69, 9.17) is 4.74 Å². The van der Waals surface area contributed by atoms with Crippen LogP contribution >= 0.6 is 0 Å². The zero-order valence-electron chi connectivity index (χ0n) is 16.5. The topological polar surface area (TPSA) is 57.3 Å². The molecular formula is C25H26N2O2. The quantitative estimate of drug-likeness (QED) is 0.414. The summed E-state index contributed by atoms with van der Waals surface area (Å²) in [5.41, 5.74) is 4.50. The van der Waals surface area contributed by atoms with Gasteiger partial charge in [-0.05, 0) is 34.9 Å². The molecule has 4 heteroatoms. The first kappa shape index (κ1) is 19.2. The summed E-state index contributed by atoms with van der Waals surface area (Å²) in [6, 6.07) is 26.3. The summed E-state index contributed by atoms with van der Waals surface area (Å²) >= 11 is 0. The van der Waals surface area contributed by atoms with Gasteiger partial charge in [-0.3, -0.25) is 0 Å². The number of rotatable bonds is 8. The molecule has 0 saturated carbocycles. The maximum Gasteiger partial charge on any atom is 0.118 e. The molecule has 0 aliphatic rings. The van der Waals surface area contributed by atoms with Gasteiger partial charge in [0.25, 0.3) is 0 Å². The Morgan fingerprint density at radius 3 is 2.34 bits per heavy atom. The summed E-state index contributed by atoms with van der Waals surface area (Å²) in [7, 11) is 1.68. The summed E-state index contributed by atoms with van der Waals surface area (Å²) in [5, 5.41) is 15.2. The maximum atomic E-state index is 10.5. The molecule has 1 aromatic heterocycles. The molecule has 2 atom stereocenters. The first-order valence-corrected chi connectivity index (χ1v) is 9.90. The van der Waals surface area contributed by atoms with Crippen molar-refractivity contribution in [1.29, 1.82) is 0 Å². The molecule has 3 N–H and O–H groups in total. The Kier molecular flexibility index (Phi) is 5.94. The van der Waals surface area contributed by atoms with Gasteiger partial charge >= 0.3 is 0 Å². The van der Waals surface area contributed by atoms with E-state index in [2.05, 4.69) is 46.8 Å². The lowest BCUT2D eigenvalue weighted by molar-refractivity contribution is 0.174. The van der Waals surface area contributed by atoms with Crippen LogP contribution in [0.4, 0.5) is 0 Å². The van der Waals surface area contributed by atoms with Gasteiger partial charge in [-0.2, -0.15) is 0 Å². The van der Waals surface area contributed by atoms with E-state index < -0.39 is 6.10 Å². The van der Waals surface area contributed by atoms with Gasteiger partial charge in [0.05, 0.1) is 13.2 Å². The van der Waals surface area contributed by atoms with E-state index in [1.807, 2.05) is 48.5 Å². The van der Waals surface area contributed by atoms with E-state index in [-0.39, 0.29) is 5.92 Å². The molecular weight excluding hydrogens is 360 g/mol. The first-order chi connectivity index (χ1) is 14.3. The van der Waals surface area contributed by atoms with E-state index >= 15 is 0 Å². The minimum absolute atomic E-state index is 0.153. The predicted molar refractivity (Wildman–Crippen MR) is 117 cm³/mol. The molecule has 4 nitrogen and oxygen atoms in total. The Balaban J connectivity index is 1.56. The van der Waals surface area contributed by atoms with Crippen molar-refractivity contribution < 1.29 is 9.84 Å². The number of benzene rings is 3. The third-order valence-electron chi connectivity index (χ3n) is 5.39. The minimum atomic E-state index is -0.532. The molecule has 29 heavy (non-hydrogen) atoms. The fraction of sp³-hybridized carbons (Fsp3) is 0.200. The number of para-hydroxylation sites is 1. The monoisotopic (exact) mass is 386 g/mol. The Bertz CT molecular complexity index is 1040. The minimum Gasteiger partial charge on any atom is -0.497 e. The van der Waals surface area contributed by atoms with Crippen molar-refractivity contribution in [2.24, 2.45) is 0 Å². The van der Waals surface area contributed by atoms with Crippen LogP contribution in [0.3, 0.4) is 0 Å². The number of nitrogens with one attached hydrogen (secondary N) is 2. The van der Waals surface area contributed by atoms with E-state index in [0.29, 0.717) is 6.54 Å². The van der Waals surface area contributed by atoms with Crippen LogP contribution in [0.15, 0.2) is 85.1 Å². The van der Waals surface area contributed by atoms with Crippen molar-refractivity contribution >= 4 is 10.9 Å². The summed E-state index contributed by atoms with van der Waals surface area (Å²) in [6.45, 7) is 1.22. The summed E-state index contributed by atoms with van der Waals surface area (Å²) in [4.78, 5) is 3.38. The highest BCUT2D eigenvalue weighted by molar-refractivity contribution is 5.84. The van der Waals surface area contributed by atoms with Gasteiger partial charge in [0.2, 0.25) is 0 Å². The van der Waals surface area contributed by atoms with Crippen molar-refractivity contribution in [2.75, 3.05) is 20.2 Å². The molecule has 3 aromatic carbocycles. The average Bonchev–Trinajstić information content (AvgIpc) is 3.21. The van der Waals surface area contributed by atoms with Gasteiger partial charge in [0.1, 0.15) is 5.75 Å². The molecule has 0 aliphatic heterocycles. The van der Waals surface area contributed by atoms with Crippen molar-refractivity contribution in [3.8, 4) is 5.75 Å². The highest BCUT2D eigenvalue weighted by Gasteiger charge is 2.19. The van der Waals surface area contributed by atoms with Crippen LogP contribution in [-0.2, 0) is 0 Å². The molecule has 0 fully saturated rings. The van der Waals surface area contributed by atoms with Gasteiger partial charge in [0, 0.05) is 36.1 Å². The van der Waals surface area contributed by atoms with Gasteiger partial charge in [-0.25, -0.2) is 0 Å². The number of methoxy groups -OCH3 is 1. The lowest BCUT2D eigenvalue weighted by atomic mass is 9.90. The van der Waals surface area contributed by atoms with Gasteiger partial charge < -0.3 is 20.1 Å². The molecule has 4 rings (SSSR count). The number of aromatic nitrogens is 1. The number of aromatic amines is 1. The lowest BCUT2D eigenvalue weighted by Crippen LogP contribution is -2.27. The molecule has 0 bridgehead atoms. The molecule has 148 valence electrons. The zero-order valence-corrected chi connectivity index (χ0v) is 16.5. The molecule has 0 amide bonds. The fourth-order valence-electron chi connectivity index (χ4n) is 3.78. The third-order valence-corrected chi connectivity index (χ3v) is 5.39. The third kappa shape index (κ3) is 4.34. The summed E-state index contributed by atoms with van der Waals surface area (Å²) in [5.74, 6) is 0.999. The summed E-state index contributed by atoms with van der Waals surface area (Å²) < 4.78 is 5.32. The smallest absolute Gasteiger partial charge is 0.118 e. The lowest BCUT2D eigenvalue weighted by Gasteiger charge is -2.20. The number of hydrogen-bond acceptors (Lipinski definition) is 3. The van der Waals surface area contributed by atoms with E-state index in [1.54, 1.807) is 7.11 Å². The Morgan fingerprint density at radius 2 is 1.59 bits per heavy atom. The largest absolute Gasteiger partial charge is 0.497 e. The molecule has 0 radical (unpaired) electrons. The van der Waals surface area contributed by atoms with E-state index in [1.165, 1.54) is 16.5 Å². The van der Waals surface area contributed by atoms with Crippen LogP contribution in [0.5, 0.6) is 5.75 Å². The number of fused-ring (bicyclic) bond motifs is 1. The second-order valence-corrected chi connectivity index (χ2v) is 7.20. The van der Waals surface area contributed by atoms with Crippen LogP contribution in [0.1, 0.15) is 28.7 Å². The van der Waals surface area contributed by atoms with Crippen LogP contribution in [-0.4, -0.2) is 30.3 Å². The Labute approximate surface area is 171 Å². The SMILES string of the molecule is COc1ccc([C@H](CNC[C@@H](O)c2ccccc2)c2c[nH]c3ccccc23)cc1. The maximum absolute atomic E-state index is 10.5. The van der Waals surface area contributed by atoms with Crippen molar-refractivity contribution in [3.63, 3.8) is 0 Å². The summed E-state index contributed by atoms with van der Waals surface area (Å²) in [6.07, 6.45) is 1.56. The molecule has 0 saturated heterocycles. The number of H-pyrrole nitrogens is 1. The van der Waals surface area contributed by atoms with E-state index in [0.717, 1.165) is 23.4 Å². The van der Waals surface area contributed by atoms with E-state index in [9.17, 15) is 5.11 Å². The average molecular weight is 386 g/mol. The number of ether oxygens (including phenoxy) is 1. The van der Waals surface area contributed by atoms with Crippen molar-refractivity contribution in [3.05, 3.63) is 102 Å². The Hall–Kier alpha value is -3.08. The molecule has 4 aromatic rings. The second kappa shape index (κ2) is 8.95. The van der Waals surface area contributed by atoms with Crippen molar-refractivity contribution in [1.82, 2.24) is 10.3 Å². The number of aliphatic hydroxyl groups is 1. The van der Waals surface area contributed by atoms with Crippen LogP contribution < -0.4 is 10.1 Å². The van der Waals surface area contributed by atoms with Crippen LogP contribution in [0.2, 0.25) is 0 Å². The normalized spacial score (nSPS) is 13.3. The van der Waals surface area contributed by atoms with Gasteiger partial charge in [-0.1, -0.05) is 60.7 Å². The van der Waals surface area contributed by atoms with Crippen LogP contribution in [0, 0.1) is 0 Å². The number of hydrogen-bond donors (Lipinski definition) is 3. The van der Waals surface area contributed by atoms with Gasteiger partial charge in [-0.15, -0.1) is 0 Å².